The molecule has 0 aliphatic rings. The number of fused-ring (bicyclic) bond motifs is 1. The van der Waals surface area contributed by atoms with Crippen molar-refractivity contribution in [2.75, 3.05) is 6.61 Å². The lowest BCUT2D eigenvalue weighted by Crippen LogP contribution is -2.02. The van der Waals surface area contributed by atoms with Crippen LogP contribution in [0.4, 0.5) is 0 Å². The van der Waals surface area contributed by atoms with Crippen molar-refractivity contribution in [2.24, 2.45) is 0 Å². The molecule has 0 fully saturated rings. The Morgan fingerprint density at radius 1 is 1.64 bits per heavy atom. The van der Waals surface area contributed by atoms with E-state index in [1.807, 2.05) is 0 Å². The lowest BCUT2D eigenvalue weighted by Gasteiger charge is -1.95. The average Bonchev–Trinajstić information content (AvgIpc) is 2.61. The first kappa shape index (κ1) is 8.68. The van der Waals surface area contributed by atoms with E-state index < -0.39 is 0 Å². The quantitative estimate of drug-likeness (QED) is 0.662. The third-order valence-corrected chi connectivity index (χ3v) is 1.79. The summed E-state index contributed by atoms with van der Waals surface area (Å²) in [5, 5.41) is 3.94. The van der Waals surface area contributed by atoms with E-state index in [1.165, 1.54) is 6.33 Å². The van der Waals surface area contributed by atoms with Crippen molar-refractivity contribution in [3.05, 3.63) is 30.4 Å². The summed E-state index contributed by atoms with van der Waals surface area (Å²) in [6, 6.07) is 1.69. The van der Waals surface area contributed by atoms with E-state index in [-0.39, 0.29) is 5.97 Å². The Morgan fingerprint density at radius 2 is 2.50 bits per heavy atom. The predicted molar refractivity (Wildman–Crippen MR) is 48.9 cm³/mol. The van der Waals surface area contributed by atoms with Gasteiger partial charge < -0.3 is 4.74 Å². The molecule has 2 aromatic rings. The van der Waals surface area contributed by atoms with Crippen molar-refractivity contribution < 1.29 is 9.53 Å². The average molecular weight is 191 g/mol. The first-order chi connectivity index (χ1) is 6.81. The third kappa shape index (κ3) is 1.44. The molecule has 2 heterocycles. The Hall–Kier alpha value is -1.91. The Labute approximate surface area is 80.3 Å². The van der Waals surface area contributed by atoms with Gasteiger partial charge in [0.1, 0.15) is 6.33 Å². The molecule has 5 heteroatoms. The first-order valence-corrected chi connectivity index (χ1v) is 4.27. The summed E-state index contributed by atoms with van der Waals surface area (Å²) in [6.45, 7) is 2.14. The van der Waals surface area contributed by atoms with Gasteiger partial charge in [-0.2, -0.15) is 5.10 Å². The van der Waals surface area contributed by atoms with Crippen molar-refractivity contribution in [1.82, 2.24) is 14.6 Å². The van der Waals surface area contributed by atoms with Crippen molar-refractivity contribution in [3.63, 3.8) is 0 Å². The van der Waals surface area contributed by atoms with Gasteiger partial charge in [-0.3, -0.25) is 0 Å². The number of carbonyl (C=O) groups is 1. The molecular weight excluding hydrogens is 182 g/mol. The fourth-order valence-corrected chi connectivity index (χ4v) is 1.19. The van der Waals surface area contributed by atoms with Crippen molar-refractivity contribution >= 4 is 11.5 Å². The molecule has 2 rings (SSSR count). The highest BCUT2D eigenvalue weighted by Crippen LogP contribution is 2.07. The van der Waals surface area contributed by atoms with Gasteiger partial charge in [-0.15, -0.1) is 0 Å². The number of rotatable bonds is 2. The van der Waals surface area contributed by atoms with Gasteiger partial charge in [0.2, 0.25) is 0 Å². The van der Waals surface area contributed by atoms with Crippen molar-refractivity contribution in [1.29, 1.82) is 0 Å². The second-order valence-corrected chi connectivity index (χ2v) is 2.73. The normalized spacial score (nSPS) is 10.4. The molecule has 0 unspecified atom stereocenters. The van der Waals surface area contributed by atoms with E-state index in [0.717, 1.165) is 5.52 Å². The first-order valence-electron chi connectivity index (χ1n) is 4.27. The summed E-state index contributed by atoms with van der Waals surface area (Å²) in [7, 11) is 0. The second-order valence-electron chi connectivity index (χ2n) is 2.73. The van der Waals surface area contributed by atoms with Crippen LogP contribution in [0.5, 0.6) is 0 Å². The standard InChI is InChI=1S/C9H9N3O2/c1-2-14-9(13)7-3-8-4-10-6-11-12(8)5-7/h3-6H,2H2,1H3. The predicted octanol–water partition coefficient (Wildman–Crippen LogP) is 0.906. The number of hydrogen-bond acceptors (Lipinski definition) is 4. The molecule has 2 aromatic heterocycles. The zero-order valence-corrected chi connectivity index (χ0v) is 7.67. The van der Waals surface area contributed by atoms with Crippen LogP contribution in [0.25, 0.3) is 5.52 Å². The Morgan fingerprint density at radius 3 is 3.21 bits per heavy atom. The van der Waals surface area contributed by atoms with E-state index in [4.69, 9.17) is 4.74 Å². The molecule has 0 saturated heterocycles. The Bertz CT molecular complexity index is 431. The number of esters is 1. The molecular formula is C9H9N3O2. The molecule has 0 saturated carbocycles. The monoisotopic (exact) mass is 191 g/mol. The molecule has 5 nitrogen and oxygen atoms in total. The van der Waals surface area contributed by atoms with E-state index >= 15 is 0 Å². The summed E-state index contributed by atoms with van der Waals surface area (Å²) in [4.78, 5) is 15.2. The number of hydrogen-bond donors (Lipinski definition) is 0. The SMILES string of the molecule is CCOC(=O)c1cc2cncnn2c1. The van der Waals surface area contributed by atoms with Gasteiger partial charge in [-0.1, -0.05) is 0 Å². The molecule has 0 aliphatic heterocycles. The maximum Gasteiger partial charge on any atom is 0.339 e. The van der Waals surface area contributed by atoms with Crippen LogP contribution in [0.1, 0.15) is 17.3 Å². The highest BCUT2D eigenvalue weighted by Gasteiger charge is 2.09. The number of aromatic nitrogens is 3. The topological polar surface area (TPSA) is 56.5 Å². The van der Waals surface area contributed by atoms with Gasteiger partial charge in [0.25, 0.3) is 0 Å². The summed E-state index contributed by atoms with van der Waals surface area (Å²) >= 11 is 0. The molecule has 0 radical (unpaired) electrons. The van der Waals surface area contributed by atoms with Gasteiger partial charge in [0, 0.05) is 6.20 Å². The van der Waals surface area contributed by atoms with Crippen LogP contribution in [-0.4, -0.2) is 27.2 Å². The summed E-state index contributed by atoms with van der Waals surface area (Å²) in [5.41, 5.74) is 1.27. The van der Waals surface area contributed by atoms with Crippen molar-refractivity contribution in [3.8, 4) is 0 Å². The molecule has 0 spiro atoms. The molecule has 0 amide bonds. The number of ether oxygens (including phenoxy) is 1. The largest absolute Gasteiger partial charge is 0.462 e. The Kier molecular flexibility index (Phi) is 2.14. The van der Waals surface area contributed by atoms with Crippen LogP contribution < -0.4 is 0 Å². The molecule has 0 N–H and O–H groups in total. The van der Waals surface area contributed by atoms with Crippen LogP contribution in [-0.2, 0) is 4.74 Å². The van der Waals surface area contributed by atoms with Crippen molar-refractivity contribution in [2.45, 2.75) is 6.92 Å². The van der Waals surface area contributed by atoms with E-state index in [2.05, 4.69) is 10.1 Å². The fourth-order valence-electron chi connectivity index (χ4n) is 1.19. The Balaban J connectivity index is 2.40. The minimum atomic E-state index is -0.335. The fraction of sp³-hybridized carbons (Fsp3) is 0.222. The van der Waals surface area contributed by atoms with Crippen LogP contribution in [0.2, 0.25) is 0 Å². The zero-order chi connectivity index (χ0) is 9.97. The van der Waals surface area contributed by atoms with Crippen LogP contribution in [0.15, 0.2) is 24.8 Å². The summed E-state index contributed by atoms with van der Waals surface area (Å²) in [5.74, 6) is -0.335. The van der Waals surface area contributed by atoms with E-state index in [0.29, 0.717) is 12.2 Å². The van der Waals surface area contributed by atoms with Crippen LogP contribution >= 0.6 is 0 Å². The van der Waals surface area contributed by atoms with Crippen LogP contribution in [0.3, 0.4) is 0 Å². The highest BCUT2D eigenvalue weighted by atomic mass is 16.5. The molecule has 0 bridgehead atoms. The van der Waals surface area contributed by atoms with Gasteiger partial charge in [-0.05, 0) is 13.0 Å². The second kappa shape index (κ2) is 3.45. The van der Waals surface area contributed by atoms with Gasteiger partial charge in [0.05, 0.1) is 23.9 Å². The minimum absolute atomic E-state index is 0.335. The number of carbonyl (C=O) groups excluding carboxylic acids is 1. The highest BCUT2D eigenvalue weighted by molar-refractivity contribution is 5.90. The summed E-state index contributed by atoms with van der Waals surface area (Å²) < 4.78 is 6.44. The van der Waals surface area contributed by atoms with E-state index in [9.17, 15) is 4.79 Å². The molecule has 0 atom stereocenters. The van der Waals surface area contributed by atoms with E-state index in [1.54, 1.807) is 29.9 Å². The molecule has 14 heavy (non-hydrogen) atoms. The summed E-state index contributed by atoms with van der Waals surface area (Å²) in [6.07, 6.45) is 4.67. The zero-order valence-electron chi connectivity index (χ0n) is 7.67. The maximum absolute atomic E-state index is 11.3. The minimum Gasteiger partial charge on any atom is -0.462 e. The lowest BCUT2D eigenvalue weighted by atomic mass is 10.3. The molecule has 0 aromatic carbocycles. The van der Waals surface area contributed by atoms with Gasteiger partial charge in [-0.25, -0.2) is 14.3 Å². The smallest absolute Gasteiger partial charge is 0.339 e. The van der Waals surface area contributed by atoms with Gasteiger partial charge >= 0.3 is 5.97 Å². The van der Waals surface area contributed by atoms with Gasteiger partial charge in [0.15, 0.2) is 0 Å². The maximum atomic E-state index is 11.3. The molecule has 0 aliphatic carbocycles. The lowest BCUT2D eigenvalue weighted by molar-refractivity contribution is 0.0526. The molecule has 72 valence electrons. The van der Waals surface area contributed by atoms with Crippen LogP contribution in [0, 0.1) is 0 Å². The number of nitrogens with zero attached hydrogens (tertiary/aromatic N) is 3. The third-order valence-electron chi connectivity index (χ3n) is 1.79.